The second-order valence-corrected chi connectivity index (χ2v) is 4.39. The lowest BCUT2D eigenvalue weighted by Crippen LogP contribution is -2.36. The predicted molar refractivity (Wildman–Crippen MR) is 58.2 cm³/mol. The largest absolute Gasteiger partial charge is 0.491 e. The van der Waals surface area contributed by atoms with Gasteiger partial charge in [-0.15, -0.1) is 0 Å². The van der Waals surface area contributed by atoms with E-state index in [4.69, 9.17) is 15.8 Å². The van der Waals surface area contributed by atoms with Crippen LogP contribution < -0.4 is 11.2 Å². The molecule has 0 saturated carbocycles. The van der Waals surface area contributed by atoms with E-state index in [0.717, 1.165) is 5.56 Å². The van der Waals surface area contributed by atoms with Crippen molar-refractivity contribution in [3.05, 3.63) is 29.6 Å². The van der Waals surface area contributed by atoms with Crippen molar-refractivity contribution < 1.29 is 14.4 Å². The highest BCUT2D eigenvalue weighted by molar-refractivity contribution is 6.58. The Bertz CT molecular complexity index is 350. The van der Waals surface area contributed by atoms with Gasteiger partial charge in [-0.25, -0.2) is 4.39 Å². The summed E-state index contributed by atoms with van der Waals surface area (Å²) < 4.78 is 13.3. The van der Waals surface area contributed by atoms with E-state index in [1.165, 1.54) is 12.1 Å². The van der Waals surface area contributed by atoms with E-state index >= 15 is 0 Å². The number of benzene rings is 1. The molecule has 0 aromatic heterocycles. The molecule has 0 spiro atoms. The molecule has 3 nitrogen and oxygen atoms in total. The molecule has 1 rings (SSSR count). The number of hydrogen-bond donors (Lipinski definition) is 3. The minimum absolute atomic E-state index is 0.117. The zero-order valence-corrected chi connectivity index (χ0v) is 8.87. The molecule has 0 amide bonds. The van der Waals surface area contributed by atoms with Crippen LogP contribution in [0.5, 0.6) is 0 Å². The maximum Gasteiger partial charge on any atom is 0.491 e. The SMILES string of the molecule is CC(C)(N)Cc1ccc(B(O)O)c(F)c1. The molecular weight excluding hydrogens is 196 g/mol. The highest BCUT2D eigenvalue weighted by Crippen LogP contribution is 2.10. The van der Waals surface area contributed by atoms with Gasteiger partial charge in [0.05, 0.1) is 0 Å². The van der Waals surface area contributed by atoms with E-state index in [2.05, 4.69) is 0 Å². The molecule has 0 radical (unpaired) electrons. The van der Waals surface area contributed by atoms with Gasteiger partial charge in [-0.2, -0.15) is 0 Å². The van der Waals surface area contributed by atoms with E-state index in [9.17, 15) is 4.39 Å². The Morgan fingerprint density at radius 3 is 2.40 bits per heavy atom. The Hall–Kier alpha value is -0.905. The van der Waals surface area contributed by atoms with Crippen LogP contribution in [0.25, 0.3) is 0 Å². The first kappa shape index (κ1) is 12.2. The lowest BCUT2D eigenvalue weighted by Gasteiger charge is -2.18. The first-order chi connectivity index (χ1) is 6.79. The van der Waals surface area contributed by atoms with Crippen LogP contribution in [0.1, 0.15) is 19.4 Å². The van der Waals surface area contributed by atoms with Crippen LogP contribution in [-0.2, 0) is 6.42 Å². The van der Waals surface area contributed by atoms with Crippen LogP contribution in [0.15, 0.2) is 18.2 Å². The fourth-order valence-corrected chi connectivity index (χ4v) is 1.42. The van der Waals surface area contributed by atoms with E-state index in [1.54, 1.807) is 6.07 Å². The zero-order valence-electron chi connectivity index (χ0n) is 8.87. The molecule has 0 aliphatic rings. The van der Waals surface area contributed by atoms with Crippen LogP contribution in [0, 0.1) is 5.82 Å². The quantitative estimate of drug-likeness (QED) is 0.606. The van der Waals surface area contributed by atoms with Gasteiger partial charge in [-0.1, -0.05) is 12.1 Å². The Labute approximate surface area is 88.9 Å². The van der Waals surface area contributed by atoms with Crippen LogP contribution in [0.3, 0.4) is 0 Å². The van der Waals surface area contributed by atoms with Crippen molar-refractivity contribution in [2.24, 2.45) is 5.73 Å². The summed E-state index contributed by atoms with van der Waals surface area (Å²) in [5.41, 5.74) is 6.01. The van der Waals surface area contributed by atoms with Gasteiger partial charge in [0.1, 0.15) is 5.82 Å². The summed E-state index contributed by atoms with van der Waals surface area (Å²) in [4.78, 5) is 0. The highest BCUT2D eigenvalue weighted by Gasteiger charge is 2.18. The molecule has 15 heavy (non-hydrogen) atoms. The van der Waals surface area contributed by atoms with Crippen molar-refractivity contribution in [2.75, 3.05) is 0 Å². The lowest BCUT2D eigenvalue weighted by atomic mass is 9.79. The maximum absolute atomic E-state index is 13.3. The van der Waals surface area contributed by atoms with E-state index in [-0.39, 0.29) is 5.46 Å². The van der Waals surface area contributed by atoms with E-state index in [0.29, 0.717) is 6.42 Å². The third-order valence-corrected chi connectivity index (χ3v) is 2.00. The van der Waals surface area contributed by atoms with Gasteiger partial charge in [0, 0.05) is 11.0 Å². The van der Waals surface area contributed by atoms with Crippen molar-refractivity contribution in [2.45, 2.75) is 25.8 Å². The van der Waals surface area contributed by atoms with Crippen molar-refractivity contribution in [1.82, 2.24) is 0 Å². The molecule has 4 N–H and O–H groups in total. The minimum Gasteiger partial charge on any atom is -0.423 e. The van der Waals surface area contributed by atoms with Gasteiger partial charge in [0.2, 0.25) is 0 Å². The van der Waals surface area contributed by atoms with Gasteiger partial charge in [-0.05, 0) is 31.9 Å². The normalized spacial score (nSPS) is 11.6. The Balaban J connectivity index is 2.92. The third-order valence-electron chi connectivity index (χ3n) is 2.00. The standard InChI is InChI=1S/C10H15BFNO2/c1-10(2,13)6-7-3-4-8(11(14)15)9(12)5-7/h3-5,14-15H,6,13H2,1-2H3. The molecule has 0 unspecified atom stereocenters. The summed E-state index contributed by atoms with van der Waals surface area (Å²) >= 11 is 0. The second kappa shape index (κ2) is 4.30. The minimum atomic E-state index is -1.77. The van der Waals surface area contributed by atoms with E-state index in [1.807, 2.05) is 13.8 Å². The first-order valence-electron chi connectivity index (χ1n) is 4.73. The Kier molecular flexibility index (Phi) is 3.49. The van der Waals surface area contributed by atoms with Crippen LogP contribution >= 0.6 is 0 Å². The van der Waals surface area contributed by atoms with Crippen molar-refractivity contribution >= 4 is 12.6 Å². The van der Waals surface area contributed by atoms with Gasteiger partial charge in [0.15, 0.2) is 0 Å². The summed E-state index contributed by atoms with van der Waals surface area (Å²) in [7, 11) is -1.77. The summed E-state index contributed by atoms with van der Waals surface area (Å²) in [5, 5.41) is 17.6. The van der Waals surface area contributed by atoms with Gasteiger partial charge in [-0.3, -0.25) is 0 Å². The van der Waals surface area contributed by atoms with Crippen LogP contribution in [0.4, 0.5) is 4.39 Å². The highest BCUT2D eigenvalue weighted by atomic mass is 19.1. The van der Waals surface area contributed by atoms with Gasteiger partial charge in [0.25, 0.3) is 0 Å². The van der Waals surface area contributed by atoms with Gasteiger partial charge < -0.3 is 15.8 Å². The maximum atomic E-state index is 13.3. The lowest BCUT2D eigenvalue weighted by molar-refractivity contribution is 0.423. The Morgan fingerprint density at radius 1 is 1.40 bits per heavy atom. The number of nitrogens with two attached hydrogens (primary N) is 1. The monoisotopic (exact) mass is 211 g/mol. The van der Waals surface area contributed by atoms with Crippen molar-refractivity contribution in [3.63, 3.8) is 0 Å². The van der Waals surface area contributed by atoms with Crippen LogP contribution in [-0.4, -0.2) is 22.7 Å². The summed E-state index contributed by atoms with van der Waals surface area (Å²) in [5.74, 6) is -0.619. The molecule has 0 aliphatic heterocycles. The molecule has 82 valence electrons. The topological polar surface area (TPSA) is 66.5 Å². The first-order valence-corrected chi connectivity index (χ1v) is 4.73. The van der Waals surface area contributed by atoms with Crippen LogP contribution in [0.2, 0.25) is 0 Å². The average Bonchev–Trinajstić information content (AvgIpc) is 1.99. The predicted octanol–water partition coefficient (Wildman–Crippen LogP) is -0.215. The number of halogens is 1. The number of rotatable bonds is 3. The van der Waals surface area contributed by atoms with Crippen molar-refractivity contribution in [3.8, 4) is 0 Å². The molecule has 0 bridgehead atoms. The fraction of sp³-hybridized carbons (Fsp3) is 0.400. The fourth-order valence-electron chi connectivity index (χ4n) is 1.42. The molecule has 0 aliphatic carbocycles. The van der Waals surface area contributed by atoms with Crippen molar-refractivity contribution in [1.29, 1.82) is 0 Å². The average molecular weight is 211 g/mol. The zero-order chi connectivity index (χ0) is 11.6. The summed E-state index contributed by atoms with van der Waals surface area (Å²) in [6, 6.07) is 4.29. The summed E-state index contributed by atoms with van der Waals surface area (Å²) in [6.07, 6.45) is 0.533. The van der Waals surface area contributed by atoms with Gasteiger partial charge >= 0.3 is 7.12 Å². The molecule has 0 atom stereocenters. The number of hydrogen-bond acceptors (Lipinski definition) is 3. The molecular formula is C10H15BFNO2. The molecule has 0 fully saturated rings. The molecule has 1 aromatic rings. The molecule has 5 heteroatoms. The molecule has 1 aromatic carbocycles. The molecule has 0 saturated heterocycles. The van der Waals surface area contributed by atoms with E-state index < -0.39 is 18.5 Å². The second-order valence-electron chi connectivity index (χ2n) is 4.39. The smallest absolute Gasteiger partial charge is 0.423 e. The third kappa shape index (κ3) is 3.62. The molecule has 0 heterocycles. The Morgan fingerprint density at radius 2 is 2.00 bits per heavy atom. The summed E-state index contributed by atoms with van der Waals surface area (Å²) in [6.45, 7) is 3.69.